The molecule has 1 aliphatic heterocycles. The molecular weight excluding hydrogens is 306 g/mol. The second-order valence-corrected chi connectivity index (χ2v) is 6.26. The summed E-state index contributed by atoms with van der Waals surface area (Å²) in [6, 6.07) is 17.9. The van der Waals surface area contributed by atoms with Crippen LogP contribution < -0.4 is 5.73 Å². The van der Waals surface area contributed by atoms with Gasteiger partial charge in [0.2, 0.25) is 0 Å². The largest absolute Gasteiger partial charge is 0.399 e. The van der Waals surface area contributed by atoms with E-state index in [-0.39, 0.29) is 6.10 Å². The summed E-state index contributed by atoms with van der Waals surface area (Å²) in [4.78, 5) is 10.3. The van der Waals surface area contributed by atoms with Gasteiger partial charge in [0.15, 0.2) is 6.10 Å². The fourth-order valence-electron chi connectivity index (χ4n) is 2.54. The molecule has 0 spiro atoms. The van der Waals surface area contributed by atoms with E-state index in [1.54, 1.807) is 11.3 Å². The zero-order valence-electron chi connectivity index (χ0n) is 12.3. The van der Waals surface area contributed by atoms with Crippen LogP contribution in [0.4, 0.5) is 5.69 Å². The van der Waals surface area contributed by atoms with Gasteiger partial charge in [-0.3, -0.25) is 0 Å². The van der Waals surface area contributed by atoms with Gasteiger partial charge in [0.1, 0.15) is 10.7 Å². The quantitative estimate of drug-likeness (QED) is 0.733. The first-order valence-electron chi connectivity index (χ1n) is 7.39. The number of aromatic nitrogens is 1. The highest BCUT2D eigenvalue weighted by atomic mass is 32.1. The molecule has 0 saturated heterocycles. The predicted octanol–water partition coefficient (Wildman–Crippen LogP) is 4.26. The van der Waals surface area contributed by atoms with E-state index in [2.05, 4.69) is 22.3 Å². The van der Waals surface area contributed by atoms with Crippen molar-refractivity contribution < 1.29 is 4.84 Å². The van der Waals surface area contributed by atoms with Crippen LogP contribution in [0.3, 0.4) is 0 Å². The van der Waals surface area contributed by atoms with Gasteiger partial charge >= 0.3 is 0 Å². The Labute approximate surface area is 138 Å². The lowest BCUT2D eigenvalue weighted by Gasteiger charge is -2.06. The average Bonchev–Trinajstić information content (AvgIpc) is 3.26. The van der Waals surface area contributed by atoms with Crippen LogP contribution in [0.15, 0.2) is 65.1 Å². The number of thiazole rings is 1. The number of rotatable bonds is 3. The molecular formula is C18H15N3OS. The smallest absolute Gasteiger partial charge is 0.158 e. The molecule has 23 heavy (non-hydrogen) atoms. The van der Waals surface area contributed by atoms with Crippen LogP contribution >= 0.6 is 11.3 Å². The summed E-state index contributed by atoms with van der Waals surface area (Å²) in [6.07, 6.45) is 0.724. The Morgan fingerprint density at radius 1 is 1.04 bits per heavy atom. The Kier molecular flexibility index (Phi) is 3.55. The van der Waals surface area contributed by atoms with E-state index in [1.807, 2.05) is 47.8 Å². The van der Waals surface area contributed by atoms with Gasteiger partial charge in [0.25, 0.3) is 0 Å². The molecule has 4 rings (SSSR count). The van der Waals surface area contributed by atoms with Gasteiger partial charge in [-0.25, -0.2) is 4.98 Å². The lowest BCUT2D eigenvalue weighted by Crippen LogP contribution is -2.01. The van der Waals surface area contributed by atoms with Gasteiger partial charge < -0.3 is 10.6 Å². The number of anilines is 1. The summed E-state index contributed by atoms with van der Waals surface area (Å²) in [6.45, 7) is 0. The maximum atomic E-state index is 5.73. The highest BCUT2D eigenvalue weighted by Gasteiger charge is 2.25. The fourth-order valence-corrected chi connectivity index (χ4v) is 3.37. The van der Waals surface area contributed by atoms with Gasteiger partial charge in [-0.15, -0.1) is 11.3 Å². The molecule has 1 unspecified atom stereocenters. The van der Waals surface area contributed by atoms with Crippen molar-refractivity contribution in [2.24, 2.45) is 5.16 Å². The van der Waals surface area contributed by atoms with Crippen molar-refractivity contribution in [1.82, 2.24) is 4.98 Å². The molecule has 2 heterocycles. The minimum Gasteiger partial charge on any atom is -0.399 e. The highest BCUT2D eigenvalue weighted by Crippen LogP contribution is 2.31. The van der Waals surface area contributed by atoms with Crippen LogP contribution in [0, 0.1) is 0 Å². The molecule has 1 aliphatic rings. The molecule has 0 fully saturated rings. The number of nitrogens with zero attached hydrogens (tertiary/aromatic N) is 2. The number of nitrogen functional groups attached to an aromatic ring is 1. The fraction of sp³-hybridized carbons (Fsp3) is 0.111. The summed E-state index contributed by atoms with van der Waals surface area (Å²) in [5.41, 5.74) is 10.5. The Bertz CT molecular complexity index is 840. The Morgan fingerprint density at radius 2 is 1.83 bits per heavy atom. The SMILES string of the molecule is Nc1ccc(-c2nc(C3=NOC(c4ccccc4)C3)cs2)cc1. The van der Waals surface area contributed by atoms with E-state index in [1.165, 1.54) is 0 Å². The molecule has 1 aromatic heterocycles. The molecule has 0 aliphatic carbocycles. The van der Waals surface area contributed by atoms with Crippen LogP contribution in [0.2, 0.25) is 0 Å². The molecule has 3 aromatic rings. The second-order valence-electron chi connectivity index (χ2n) is 5.41. The first-order valence-corrected chi connectivity index (χ1v) is 8.27. The predicted molar refractivity (Wildman–Crippen MR) is 93.4 cm³/mol. The number of benzene rings is 2. The summed E-state index contributed by atoms with van der Waals surface area (Å²) >= 11 is 1.60. The molecule has 5 heteroatoms. The van der Waals surface area contributed by atoms with Gasteiger partial charge in [-0.1, -0.05) is 35.5 Å². The molecule has 0 amide bonds. The third kappa shape index (κ3) is 2.83. The van der Waals surface area contributed by atoms with E-state index < -0.39 is 0 Å². The van der Waals surface area contributed by atoms with E-state index in [0.29, 0.717) is 0 Å². The number of hydrogen-bond donors (Lipinski definition) is 1. The first-order chi connectivity index (χ1) is 11.3. The lowest BCUT2D eigenvalue weighted by molar-refractivity contribution is 0.0857. The summed E-state index contributed by atoms with van der Waals surface area (Å²) in [7, 11) is 0. The standard InChI is InChI=1S/C18H15N3OS/c19-14-8-6-13(7-9-14)18-20-16(11-23-18)15-10-17(22-21-15)12-4-2-1-3-5-12/h1-9,11,17H,10,19H2. The number of oxime groups is 1. The van der Waals surface area contributed by atoms with Crippen LogP contribution in [-0.2, 0) is 4.84 Å². The normalized spacial score (nSPS) is 16.9. The molecule has 114 valence electrons. The van der Waals surface area contributed by atoms with Crippen molar-refractivity contribution in [1.29, 1.82) is 0 Å². The van der Waals surface area contributed by atoms with Crippen molar-refractivity contribution in [2.45, 2.75) is 12.5 Å². The molecule has 0 radical (unpaired) electrons. The van der Waals surface area contributed by atoms with Crippen molar-refractivity contribution >= 4 is 22.7 Å². The Hall–Kier alpha value is -2.66. The Morgan fingerprint density at radius 3 is 2.61 bits per heavy atom. The maximum absolute atomic E-state index is 5.73. The van der Waals surface area contributed by atoms with Crippen molar-refractivity contribution in [3.8, 4) is 10.6 Å². The molecule has 0 saturated carbocycles. The van der Waals surface area contributed by atoms with Crippen LogP contribution in [0.1, 0.15) is 23.8 Å². The zero-order valence-corrected chi connectivity index (χ0v) is 13.2. The minimum absolute atomic E-state index is 0.0205. The van der Waals surface area contributed by atoms with E-state index >= 15 is 0 Å². The lowest BCUT2D eigenvalue weighted by atomic mass is 10.0. The van der Waals surface area contributed by atoms with E-state index in [4.69, 9.17) is 10.6 Å². The van der Waals surface area contributed by atoms with Crippen LogP contribution in [0.5, 0.6) is 0 Å². The van der Waals surface area contributed by atoms with Gasteiger partial charge in [0, 0.05) is 23.1 Å². The first kappa shape index (κ1) is 14.0. The second kappa shape index (κ2) is 5.85. The van der Waals surface area contributed by atoms with Crippen LogP contribution in [0.25, 0.3) is 10.6 Å². The summed E-state index contributed by atoms with van der Waals surface area (Å²) in [5, 5.41) is 7.22. The van der Waals surface area contributed by atoms with Gasteiger partial charge in [-0.05, 0) is 29.8 Å². The van der Waals surface area contributed by atoms with Crippen LogP contribution in [-0.4, -0.2) is 10.7 Å². The molecule has 0 bridgehead atoms. The van der Waals surface area contributed by atoms with E-state index in [0.717, 1.165) is 39.6 Å². The number of nitrogens with two attached hydrogens (primary N) is 1. The summed E-state index contributed by atoms with van der Waals surface area (Å²) in [5.74, 6) is 0. The number of hydrogen-bond acceptors (Lipinski definition) is 5. The third-order valence-corrected chi connectivity index (χ3v) is 4.69. The van der Waals surface area contributed by atoms with Gasteiger partial charge in [0.05, 0.1) is 5.69 Å². The zero-order chi connectivity index (χ0) is 15.6. The maximum Gasteiger partial charge on any atom is 0.158 e. The molecule has 2 N–H and O–H groups in total. The topological polar surface area (TPSA) is 60.5 Å². The third-order valence-electron chi connectivity index (χ3n) is 3.80. The van der Waals surface area contributed by atoms with Crippen molar-refractivity contribution in [3.05, 3.63) is 71.2 Å². The van der Waals surface area contributed by atoms with Crippen molar-refractivity contribution in [2.75, 3.05) is 5.73 Å². The summed E-state index contributed by atoms with van der Waals surface area (Å²) < 4.78 is 0. The van der Waals surface area contributed by atoms with E-state index in [9.17, 15) is 0 Å². The van der Waals surface area contributed by atoms with Gasteiger partial charge in [-0.2, -0.15) is 0 Å². The molecule has 2 aromatic carbocycles. The molecule has 1 atom stereocenters. The highest BCUT2D eigenvalue weighted by molar-refractivity contribution is 7.13. The minimum atomic E-state index is -0.0205. The molecule has 4 nitrogen and oxygen atoms in total. The van der Waals surface area contributed by atoms with Crippen molar-refractivity contribution in [3.63, 3.8) is 0 Å². The average molecular weight is 321 g/mol. The monoisotopic (exact) mass is 321 g/mol. The Balaban J connectivity index is 1.53.